The van der Waals surface area contributed by atoms with Crippen LogP contribution in [-0.4, -0.2) is 23.9 Å². The summed E-state index contributed by atoms with van der Waals surface area (Å²) in [5.41, 5.74) is 2.30. The number of carbonyl (C=O) groups excluding carboxylic acids is 2. The molecule has 0 saturated carbocycles. The second kappa shape index (κ2) is 5.24. The molecule has 3 rings (SSSR count). The molecular weight excluding hydrogens is 270 g/mol. The standard InChI is InChI=1S/C16H17NO4/c1-21-14-7-9(5-6-12(14)18)10-8-15(20)17-11-3-2-4-13(19)16(10)11/h5-7,10,18H,2-4,8H2,1H3,(H,17,20)/t10-/m1/s1. The molecule has 2 N–H and O–H groups in total. The maximum absolute atomic E-state index is 12.3. The van der Waals surface area contributed by atoms with Crippen LogP contribution in [0, 0.1) is 0 Å². The van der Waals surface area contributed by atoms with Crippen molar-refractivity contribution >= 4 is 11.7 Å². The number of hydrogen-bond donors (Lipinski definition) is 2. The van der Waals surface area contributed by atoms with Gasteiger partial charge >= 0.3 is 0 Å². The fraction of sp³-hybridized carbons (Fsp3) is 0.375. The second-order valence-corrected chi connectivity index (χ2v) is 5.41. The molecule has 0 fully saturated rings. The first-order chi connectivity index (χ1) is 10.1. The van der Waals surface area contributed by atoms with Gasteiger partial charge in [0.25, 0.3) is 0 Å². The smallest absolute Gasteiger partial charge is 0.225 e. The number of allylic oxidation sites excluding steroid dienone is 2. The number of benzene rings is 1. The summed E-state index contributed by atoms with van der Waals surface area (Å²) >= 11 is 0. The van der Waals surface area contributed by atoms with E-state index < -0.39 is 0 Å². The first-order valence-corrected chi connectivity index (χ1v) is 7.03. The molecule has 0 bridgehead atoms. The topological polar surface area (TPSA) is 75.6 Å². The van der Waals surface area contributed by atoms with Gasteiger partial charge < -0.3 is 15.2 Å². The Morgan fingerprint density at radius 3 is 2.86 bits per heavy atom. The summed E-state index contributed by atoms with van der Waals surface area (Å²) in [6.45, 7) is 0. The van der Waals surface area contributed by atoms with Crippen LogP contribution in [0.2, 0.25) is 0 Å². The molecule has 0 spiro atoms. The molecule has 21 heavy (non-hydrogen) atoms. The van der Waals surface area contributed by atoms with Crippen molar-refractivity contribution in [3.8, 4) is 11.5 Å². The van der Waals surface area contributed by atoms with Crippen molar-refractivity contribution in [1.82, 2.24) is 5.32 Å². The van der Waals surface area contributed by atoms with Crippen molar-refractivity contribution in [2.45, 2.75) is 31.6 Å². The second-order valence-electron chi connectivity index (χ2n) is 5.41. The molecule has 0 radical (unpaired) electrons. The maximum atomic E-state index is 12.3. The summed E-state index contributed by atoms with van der Waals surface area (Å²) in [5.74, 6) is 0.180. The van der Waals surface area contributed by atoms with Gasteiger partial charge in [-0.05, 0) is 30.5 Å². The first-order valence-electron chi connectivity index (χ1n) is 7.03. The lowest BCUT2D eigenvalue weighted by Gasteiger charge is -2.31. The number of aromatic hydroxyl groups is 1. The van der Waals surface area contributed by atoms with E-state index in [1.165, 1.54) is 13.2 Å². The largest absolute Gasteiger partial charge is 0.504 e. The number of phenolic OH excluding ortho intramolecular Hbond substituents is 1. The minimum absolute atomic E-state index is 0.0469. The van der Waals surface area contributed by atoms with Crippen LogP contribution >= 0.6 is 0 Å². The Morgan fingerprint density at radius 2 is 2.10 bits per heavy atom. The van der Waals surface area contributed by atoms with E-state index in [9.17, 15) is 14.7 Å². The predicted octanol–water partition coefficient (Wildman–Crippen LogP) is 2.01. The van der Waals surface area contributed by atoms with E-state index in [0.29, 0.717) is 17.7 Å². The highest BCUT2D eigenvalue weighted by atomic mass is 16.5. The molecule has 2 aliphatic rings. The quantitative estimate of drug-likeness (QED) is 0.872. The maximum Gasteiger partial charge on any atom is 0.225 e. The normalized spacial score (nSPS) is 21.9. The van der Waals surface area contributed by atoms with Gasteiger partial charge in [0.2, 0.25) is 5.91 Å². The molecule has 0 aromatic heterocycles. The van der Waals surface area contributed by atoms with E-state index in [0.717, 1.165) is 24.1 Å². The number of ether oxygens (including phenoxy) is 1. The molecule has 110 valence electrons. The number of amides is 1. The minimum atomic E-state index is -0.254. The molecule has 1 aromatic carbocycles. The van der Waals surface area contributed by atoms with Gasteiger partial charge in [-0.1, -0.05) is 6.07 Å². The average Bonchev–Trinajstić information content (AvgIpc) is 2.47. The highest BCUT2D eigenvalue weighted by molar-refractivity contribution is 6.01. The number of methoxy groups -OCH3 is 1. The summed E-state index contributed by atoms with van der Waals surface area (Å²) in [5, 5.41) is 12.5. The molecule has 1 amide bonds. The van der Waals surface area contributed by atoms with Gasteiger partial charge in [-0.25, -0.2) is 0 Å². The Morgan fingerprint density at radius 1 is 1.29 bits per heavy atom. The van der Waals surface area contributed by atoms with Crippen LogP contribution in [0.3, 0.4) is 0 Å². The molecule has 0 saturated heterocycles. The van der Waals surface area contributed by atoms with Crippen LogP contribution < -0.4 is 10.1 Å². The monoisotopic (exact) mass is 287 g/mol. The van der Waals surface area contributed by atoms with Crippen LogP contribution in [-0.2, 0) is 9.59 Å². The molecule has 1 heterocycles. The zero-order chi connectivity index (χ0) is 15.0. The SMILES string of the molecule is COc1cc([C@H]2CC(=O)NC3=C2C(=O)CCC3)ccc1O. The third-order valence-electron chi connectivity index (χ3n) is 4.09. The number of ketones is 1. The van der Waals surface area contributed by atoms with E-state index in [-0.39, 0.29) is 29.8 Å². The Balaban J connectivity index is 2.07. The van der Waals surface area contributed by atoms with E-state index in [1.807, 2.05) is 0 Å². The molecular formula is C16H17NO4. The Bertz CT molecular complexity index is 648. The number of nitrogens with one attached hydrogen (secondary N) is 1. The average molecular weight is 287 g/mol. The summed E-state index contributed by atoms with van der Waals surface area (Å²) < 4.78 is 5.11. The van der Waals surface area contributed by atoms with Gasteiger partial charge in [-0.2, -0.15) is 0 Å². The van der Waals surface area contributed by atoms with Crippen LogP contribution in [0.1, 0.15) is 37.2 Å². The minimum Gasteiger partial charge on any atom is -0.504 e. The van der Waals surface area contributed by atoms with Gasteiger partial charge in [0.1, 0.15) is 0 Å². The molecule has 1 aromatic rings. The zero-order valence-corrected chi connectivity index (χ0v) is 11.8. The Hall–Kier alpha value is -2.30. The highest BCUT2D eigenvalue weighted by Crippen LogP contribution is 2.40. The molecule has 1 atom stereocenters. The summed E-state index contributed by atoms with van der Waals surface area (Å²) in [4.78, 5) is 24.1. The number of phenols is 1. The molecule has 1 aliphatic carbocycles. The zero-order valence-electron chi connectivity index (χ0n) is 11.8. The fourth-order valence-corrected chi connectivity index (χ4v) is 3.10. The van der Waals surface area contributed by atoms with Gasteiger partial charge in [-0.15, -0.1) is 0 Å². The van der Waals surface area contributed by atoms with Crippen LogP contribution in [0.4, 0.5) is 0 Å². The summed E-state index contributed by atoms with van der Waals surface area (Å²) in [6, 6.07) is 4.98. The number of hydrogen-bond acceptors (Lipinski definition) is 4. The third-order valence-corrected chi connectivity index (χ3v) is 4.09. The Kier molecular flexibility index (Phi) is 3.41. The van der Waals surface area contributed by atoms with E-state index in [2.05, 4.69) is 5.32 Å². The van der Waals surface area contributed by atoms with E-state index in [1.54, 1.807) is 12.1 Å². The number of carbonyl (C=O) groups is 2. The number of Topliss-reactive ketones (excluding diaryl/α,β-unsaturated/α-hetero) is 1. The van der Waals surface area contributed by atoms with Crippen molar-refractivity contribution in [3.63, 3.8) is 0 Å². The summed E-state index contributed by atoms with van der Waals surface area (Å²) in [6.07, 6.45) is 2.29. The van der Waals surface area contributed by atoms with Gasteiger partial charge in [-0.3, -0.25) is 9.59 Å². The van der Waals surface area contributed by atoms with Crippen molar-refractivity contribution < 1.29 is 19.4 Å². The molecule has 5 nitrogen and oxygen atoms in total. The Labute approximate surface area is 122 Å². The van der Waals surface area contributed by atoms with Crippen molar-refractivity contribution in [2.75, 3.05) is 7.11 Å². The summed E-state index contributed by atoms with van der Waals surface area (Å²) in [7, 11) is 1.48. The predicted molar refractivity (Wildman–Crippen MR) is 76.0 cm³/mol. The van der Waals surface area contributed by atoms with Gasteiger partial charge in [0.05, 0.1) is 7.11 Å². The van der Waals surface area contributed by atoms with Gasteiger partial charge in [0.15, 0.2) is 17.3 Å². The lowest BCUT2D eigenvalue weighted by atomic mass is 9.78. The van der Waals surface area contributed by atoms with Crippen molar-refractivity contribution in [1.29, 1.82) is 0 Å². The lowest BCUT2D eigenvalue weighted by Crippen LogP contribution is -2.36. The molecule has 1 aliphatic heterocycles. The van der Waals surface area contributed by atoms with Crippen molar-refractivity contribution in [3.05, 3.63) is 35.0 Å². The van der Waals surface area contributed by atoms with E-state index in [4.69, 9.17) is 4.74 Å². The lowest BCUT2D eigenvalue weighted by molar-refractivity contribution is -0.122. The molecule has 5 heteroatoms. The third kappa shape index (κ3) is 2.39. The van der Waals surface area contributed by atoms with Crippen LogP contribution in [0.25, 0.3) is 0 Å². The van der Waals surface area contributed by atoms with E-state index >= 15 is 0 Å². The fourth-order valence-electron chi connectivity index (χ4n) is 3.10. The molecule has 0 unspecified atom stereocenters. The van der Waals surface area contributed by atoms with Crippen LogP contribution in [0.5, 0.6) is 11.5 Å². The number of rotatable bonds is 2. The van der Waals surface area contributed by atoms with Gasteiger partial charge in [0, 0.05) is 30.0 Å². The van der Waals surface area contributed by atoms with Crippen LogP contribution in [0.15, 0.2) is 29.5 Å². The van der Waals surface area contributed by atoms with Crippen molar-refractivity contribution in [2.24, 2.45) is 0 Å². The highest BCUT2D eigenvalue weighted by Gasteiger charge is 2.34. The first kappa shape index (κ1) is 13.7.